The molecule has 2 N–H and O–H groups in total. The molecule has 1 saturated heterocycles. The van der Waals surface area contributed by atoms with Gasteiger partial charge in [0.05, 0.1) is 11.0 Å². The van der Waals surface area contributed by atoms with Crippen molar-refractivity contribution in [1.82, 2.24) is 14.5 Å². The average Bonchev–Trinajstić information content (AvgIpc) is 3.01. The predicted octanol–water partition coefficient (Wildman–Crippen LogP) is 2.55. The Hall–Kier alpha value is -1.62. The number of rotatable bonds is 3. The molecule has 1 atom stereocenters. The summed E-state index contributed by atoms with van der Waals surface area (Å²) in [5, 5.41) is 0. The van der Waals surface area contributed by atoms with Gasteiger partial charge in [-0.25, -0.2) is 9.37 Å². The van der Waals surface area contributed by atoms with Gasteiger partial charge in [0.2, 0.25) is 5.95 Å². The molecule has 1 unspecified atom stereocenters. The van der Waals surface area contributed by atoms with Gasteiger partial charge in [0.15, 0.2) is 0 Å². The Morgan fingerprint density at radius 2 is 2.05 bits per heavy atom. The molecule has 1 aliphatic rings. The predicted molar refractivity (Wildman–Crippen MR) is 79.1 cm³/mol. The van der Waals surface area contributed by atoms with Crippen molar-refractivity contribution in [3.05, 3.63) is 23.5 Å². The lowest BCUT2D eigenvalue weighted by molar-refractivity contribution is 0.238. The van der Waals surface area contributed by atoms with Crippen LogP contribution in [0.3, 0.4) is 0 Å². The summed E-state index contributed by atoms with van der Waals surface area (Å²) in [6.07, 6.45) is 2.55. The maximum atomic E-state index is 13.6. The summed E-state index contributed by atoms with van der Waals surface area (Å²) in [6, 6.07) is 3.73. The van der Waals surface area contributed by atoms with Gasteiger partial charge in [0.25, 0.3) is 0 Å². The molecule has 0 saturated carbocycles. The molecule has 3 rings (SSSR count). The fraction of sp³-hybridized carbons (Fsp3) is 0.533. The zero-order valence-corrected chi connectivity index (χ0v) is 12.1. The molecule has 1 aromatic carbocycles. The van der Waals surface area contributed by atoms with E-state index in [0.29, 0.717) is 23.1 Å². The third-order valence-electron chi connectivity index (χ3n) is 4.27. The first-order valence-corrected chi connectivity index (χ1v) is 7.22. The highest BCUT2D eigenvalue weighted by Crippen LogP contribution is 2.23. The van der Waals surface area contributed by atoms with E-state index in [0.717, 1.165) is 25.2 Å². The summed E-state index contributed by atoms with van der Waals surface area (Å²) in [7, 11) is 0. The van der Waals surface area contributed by atoms with Gasteiger partial charge in [-0.1, -0.05) is 0 Å². The minimum Gasteiger partial charge on any atom is -0.369 e. The Morgan fingerprint density at radius 3 is 2.75 bits per heavy atom. The van der Waals surface area contributed by atoms with Gasteiger partial charge in [-0.05, 0) is 51.4 Å². The number of halogens is 1. The number of hydrogen-bond donors (Lipinski definition) is 1. The zero-order chi connectivity index (χ0) is 14.3. The Morgan fingerprint density at radius 1 is 1.35 bits per heavy atom. The number of imidazole rings is 1. The van der Waals surface area contributed by atoms with Crippen LogP contribution in [0, 0.1) is 12.7 Å². The molecule has 0 spiro atoms. The van der Waals surface area contributed by atoms with Crippen molar-refractivity contribution >= 4 is 17.0 Å². The second-order valence-corrected chi connectivity index (χ2v) is 5.76. The summed E-state index contributed by atoms with van der Waals surface area (Å²) in [5.74, 6) is 0.241. The molecule has 1 fully saturated rings. The van der Waals surface area contributed by atoms with Gasteiger partial charge in [0, 0.05) is 18.7 Å². The summed E-state index contributed by atoms with van der Waals surface area (Å²) in [4.78, 5) is 6.75. The van der Waals surface area contributed by atoms with Crippen LogP contribution >= 0.6 is 0 Å². The Bertz CT molecular complexity index is 628. The Labute approximate surface area is 118 Å². The standard InChI is InChI=1S/C15H21FN4/c1-10-7-14-13(8-12(10)16)18-15(17)20(14)9-11(2)19-5-3-4-6-19/h7-8,11H,3-6,9H2,1-2H3,(H2,17,18). The van der Waals surface area contributed by atoms with Gasteiger partial charge < -0.3 is 10.3 Å². The molecule has 2 heterocycles. The highest BCUT2D eigenvalue weighted by Gasteiger charge is 2.20. The molecular formula is C15H21FN4. The average molecular weight is 276 g/mol. The topological polar surface area (TPSA) is 47.1 Å². The number of benzene rings is 1. The van der Waals surface area contributed by atoms with Crippen LogP contribution in [0.1, 0.15) is 25.3 Å². The quantitative estimate of drug-likeness (QED) is 0.937. The van der Waals surface area contributed by atoms with Crippen molar-refractivity contribution in [2.75, 3.05) is 18.8 Å². The number of nitrogens with two attached hydrogens (primary N) is 1. The summed E-state index contributed by atoms with van der Waals surface area (Å²) in [5.41, 5.74) is 8.20. The first-order chi connectivity index (χ1) is 9.56. The van der Waals surface area contributed by atoms with Gasteiger partial charge in [0.1, 0.15) is 5.82 Å². The van der Waals surface area contributed by atoms with E-state index < -0.39 is 0 Å². The number of anilines is 1. The van der Waals surface area contributed by atoms with E-state index in [2.05, 4.69) is 16.8 Å². The number of aryl methyl sites for hydroxylation is 1. The van der Waals surface area contributed by atoms with Gasteiger partial charge >= 0.3 is 0 Å². The van der Waals surface area contributed by atoms with E-state index in [1.54, 1.807) is 6.92 Å². The first-order valence-electron chi connectivity index (χ1n) is 7.22. The molecule has 20 heavy (non-hydrogen) atoms. The fourth-order valence-corrected chi connectivity index (χ4v) is 3.02. The van der Waals surface area contributed by atoms with Crippen molar-refractivity contribution in [1.29, 1.82) is 0 Å². The van der Waals surface area contributed by atoms with Crippen molar-refractivity contribution in [3.63, 3.8) is 0 Å². The molecule has 0 amide bonds. The SMILES string of the molecule is Cc1cc2c(cc1F)nc(N)n2CC(C)N1CCCC1. The number of fused-ring (bicyclic) bond motifs is 1. The maximum absolute atomic E-state index is 13.6. The zero-order valence-electron chi connectivity index (χ0n) is 12.1. The third kappa shape index (κ3) is 2.26. The lowest BCUT2D eigenvalue weighted by atomic mass is 10.2. The van der Waals surface area contributed by atoms with Crippen LogP contribution in [-0.4, -0.2) is 33.6 Å². The van der Waals surface area contributed by atoms with Crippen molar-refractivity contribution < 1.29 is 4.39 Å². The van der Waals surface area contributed by atoms with Crippen LogP contribution < -0.4 is 5.73 Å². The van der Waals surface area contributed by atoms with Crippen LogP contribution in [0.5, 0.6) is 0 Å². The second kappa shape index (κ2) is 5.05. The van der Waals surface area contributed by atoms with Gasteiger partial charge in [-0.15, -0.1) is 0 Å². The molecule has 5 heteroatoms. The normalized spacial score (nSPS) is 17.9. The third-order valence-corrected chi connectivity index (χ3v) is 4.27. The van der Waals surface area contributed by atoms with Crippen LogP contribution in [0.2, 0.25) is 0 Å². The minimum atomic E-state index is -0.227. The smallest absolute Gasteiger partial charge is 0.201 e. The number of nitrogens with zero attached hydrogens (tertiary/aromatic N) is 3. The highest BCUT2D eigenvalue weighted by molar-refractivity contribution is 5.79. The monoisotopic (exact) mass is 276 g/mol. The van der Waals surface area contributed by atoms with E-state index in [1.807, 2.05) is 10.6 Å². The van der Waals surface area contributed by atoms with Gasteiger partial charge in [-0.2, -0.15) is 0 Å². The maximum Gasteiger partial charge on any atom is 0.201 e. The molecule has 108 valence electrons. The molecule has 0 aliphatic carbocycles. The summed E-state index contributed by atoms with van der Waals surface area (Å²) >= 11 is 0. The first kappa shape index (κ1) is 13.4. The van der Waals surface area contributed by atoms with E-state index >= 15 is 0 Å². The minimum absolute atomic E-state index is 0.227. The Balaban J connectivity index is 1.94. The van der Waals surface area contributed by atoms with Crippen LogP contribution in [0.4, 0.5) is 10.3 Å². The number of hydrogen-bond acceptors (Lipinski definition) is 3. The molecular weight excluding hydrogens is 255 g/mol. The second-order valence-electron chi connectivity index (χ2n) is 5.76. The van der Waals surface area contributed by atoms with Crippen LogP contribution in [0.15, 0.2) is 12.1 Å². The lowest BCUT2D eigenvalue weighted by Gasteiger charge is -2.24. The summed E-state index contributed by atoms with van der Waals surface area (Å²) < 4.78 is 15.6. The molecule has 0 radical (unpaired) electrons. The van der Waals surface area contributed by atoms with Crippen LogP contribution in [0.25, 0.3) is 11.0 Å². The van der Waals surface area contributed by atoms with Gasteiger partial charge in [-0.3, -0.25) is 4.90 Å². The molecule has 1 aliphatic heterocycles. The number of aromatic nitrogens is 2. The molecule has 0 bridgehead atoms. The van der Waals surface area contributed by atoms with Crippen molar-refractivity contribution in [2.24, 2.45) is 0 Å². The van der Waals surface area contributed by atoms with E-state index in [9.17, 15) is 4.39 Å². The molecule has 4 nitrogen and oxygen atoms in total. The highest BCUT2D eigenvalue weighted by atomic mass is 19.1. The van der Waals surface area contributed by atoms with Crippen molar-refractivity contribution in [2.45, 2.75) is 39.3 Å². The van der Waals surface area contributed by atoms with E-state index in [1.165, 1.54) is 18.9 Å². The fourth-order valence-electron chi connectivity index (χ4n) is 3.02. The van der Waals surface area contributed by atoms with Crippen LogP contribution in [-0.2, 0) is 6.54 Å². The van der Waals surface area contributed by atoms with E-state index in [-0.39, 0.29) is 5.82 Å². The number of likely N-dealkylation sites (tertiary alicyclic amines) is 1. The molecule has 2 aromatic rings. The molecule has 1 aromatic heterocycles. The Kier molecular flexibility index (Phi) is 3.38. The summed E-state index contributed by atoms with van der Waals surface area (Å²) in [6.45, 7) is 7.09. The lowest BCUT2D eigenvalue weighted by Crippen LogP contribution is -2.33. The van der Waals surface area contributed by atoms with Crippen molar-refractivity contribution in [3.8, 4) is 0 Å². The van der Waals surface area contributed by atoms with E-state index in [4.69, 9.17) is 5.73 Å². The largest absolute Gasteiger partial charge is 0.369 e. The number of nitrogen functional groups attached to an aromatic ring is 1.